The first-order chi connectivity index (χ1) is 7.31. The lowest BCUT2D eigenvalue weighted by Crippen LogP contribution is -1.98. The maximum Gasteiger partial charge on any atom is 0.199 e. The molecule has 15 heavy (non-hydrogen) atoms. The number of carbonyl (C=O) groups excluding carboxylic acids is 1. The molecule has 2 heteroatoms. The minimum absolute atomic E-state index is 0.137. The third-order valence-electron chi connectivity index (χ3n) is 2.31. The van der Waals surface area contributed by atoms with E-state index in [-0.39, 0.29) is 5.78 Å². The molecule has 1 aromatic rings. The van der Waals surface area contributed by atoms with Gasteiger partial charge in [-0.25, -0.2) is 0 Å². The van der Waals surface area contributed by atoms with E-state index in [1.807, 2.05) is 43.3 Å². The molecule has 1 aliphatic rings. The van der Waals surface area contributed by atoms with Gasteiger partial charge in [0.1, 0.15) is 0 Å². The quantitative estimate of drug-likeness (QED) is 0.699. The summed E-state index contributed by atoms with van der Waals surface area (Å²) in [7, 11) is 0. The molecule has 0 aliphatic carbocycles. The second-order valence-electron chi connectivity index (χ2n) is 3.32. The number of Topliss-reactive ketones (excluding diaryl/α,β-unsaturated/α-hetero) is 1. The molecule has 0 amide bonds. The number of hydrogen-bond donors (Lipinski definition) is 0. The van der Waals surface area contributed by atoms with E-state index in [2.05, 4.69) is 6.08 Å². The van der Waals surface area contributed by atoms with Crippen LogP contribution < -0.4 is 0 Å². The Labute approximate surface area is 93.9 Å². The van der Waals surface area contributed by atoms with Crippen LogP contribution in [0, 0.1) is 0 Å². The molecular weight excluding hydrogens is 204 g/mol. The summed E-state index contributed by atoms with van der Waals surface area (Å²) in [5, 5.41) is 0. The summed E-state index contributed by atoms with van der Waals surface area (Å²) in [6.45, 7) is 2.01. The highest BCUT2D eigenvalue weighted by molar-refractivity contribution is 8.07. The van der Waals surface area contributed by atoms with E-state index in [0.29, 0.717) is 0 Å². The Kier molecular flexibility index (Phi) is 3.07. The van der Waals surface area contributed by atoms with Crippen LogP contribution in [0.25, 0.3) is 0 Å². The van der Waals surface area contributed by atoms with Crippen LogP contribution in [0.5, 0.6) is 0 Å². The summed E-state index contributed by atoms with van der Waals surface area (Å²) in [5.41, 5.74) is 0.772. The topological polar surface area (TPSA) is 17.1 Å². The second kappa shape index (κ2) is 4.49. The minimum atomic E-state index is 0.137. The summed E-state index contributed by atoms with van der Waals surface area (Å²) in [4.78, 5) is 14.1. The molecular formula is C13H12OS. The standard InChI is InChI=1S/C13H12OS/c1-2-11-8-9-12(15-11)13(14)10-6-4-3-5-7-10/h2-7,9H,8H2,1H3. The summed E-state index contributed by atoms with van der Waals surface area (Å²) < 4.78 is 0. The van der Waals surface area contributed by atoms with Crippen LogP contribution in [-0.4, -0.2) is 5.78 Å². The van der Waals surface area contributed by atoms with E-state index in [9.17, 15) is 4.79 Å². The van der Waals surface area contributed by atoms with Gasteiger partial charge in [-0.1, -0.05) is 54.2 Å². The van der Waals surface area contributed by atoms with Crippen molar-refractivity contribution in [1.29, 1.82) is 0 Å². The normalized spacial score (nSPS) is 17.9. The smallest absolute Gasteiger partial charge is 0.199 e. The molecule has 0 N–H and O–H groups in total. The highest BCUT2D eigenvalue weighted by atomic mass is 32.2. The first kappa shape index (κ1) is 10.2. The number of hydrogen-bond acceptors (Lipinski definition) is 2. The molecule has 1 aromatic carbocycles. The predicted octanol–water partition coefficient (Wildman–Crippen LogP) is 3.79. The highest BCUT2D eigenvalue weighted by Crippen LogP contribution is 2.37. The monoisotopic (exact) mass is 216 g/mol. The van der Waals surface area contributed by atoms with Crippen molar-refractivity contribution >= 4 is 17.5 Å². The highest BCUT2D eigenvalue weighted by Gasteiger charge is 2.18. The number of ketones is 1. The largest absolute Gasteiger partial charge is 0.288 e. The van der Waals surface area contributed by atoms with Crippen LogP contribution in [0.2, 0.25) is 0 Å². The molecule has 0 bridgehead atoms. The van der Waals surface area contributed by atoms with Crippen molar-refractivity contribution < 1.29 is 4.79 Å². The summed E-state index contributed by atoms with van der Waals surface area (Å²) in [6.07, 6.45) is 4.97. The third kappa shape index (κ3) is 2.21. The lowest BCUT2D eigenvalue weighted by molar-refractivity contribution is 0.104. The molecule has 1 nitrogen and oxygen atoms in total. The Morgan fingerprint density at radius 2 is 2.07 bits per heavy atom. The molecule has 76 valence electrons. The fraction of sp³-hybridized carbons (Fsp3) is 0.154. The predicted molar refractivity (Wildman–Crippen MR) is 64.8 cm³/mol. The van der Waals surface area contributed by atoms with Crippen LogP contribution in [0.3, 0.4) is 0 Å². The summed E-state index contributed by atoms with van der Waals surface area (Å²) >= 11 is 1.59. The van der Waals surface area contributed by atoms with E-state index in [1.165, 1.54) is 4.91 Å². The van der Waals surface area contributed by atoms with Crippen molar-refractivity contribution in [3.63, 3.8) is 0 Å². The molecule has 2 rings (SSSR count). The Balaban J connectivity index is 2.18. The molecule has 0 spiro atoms. The van der Waals surface area contributed by atoms with Crippen LogP contribution in [-0.2, 0) is 0 Å². The van der Waals surface area contributed by atoms with Gasteiger partial charge in [0, 0.05) is 5.56 Å². The molecule has 1 heterocycles. The Hall–Kier alpha value is -1.28. The maximum atomic E-state index is 12.0. The van der Waals surface area contributed by atoms with E-state index in [4.69, 9.17) is 0 Å². The maximum absolute atomic E-state index is 12.0. The number of allylic oxidation sites excluding steroid dienone is 4. The van der Waals surface area contributed by atoms with E-state index in [1.54, 1.807) is 11.8 Å². The molecule has 1 aliphatic heterocycles. The van der Waals surface area contributed by atoms with E-state index < -0.39 is 0 Å². The molecule has 0 fully saturated rings. The zero-order valence-electron chi connectivity index (χ0n) is 8.57. The average molecular weight is 216 g/mol. The Bertz CT molecular complexity index is 429. The van der Waals surface area contributed by atoms with Crippen molar-refractivity contribution in [2.75, 3.05) is 0 Å². The second-order valence-corrected chi connectivity index (χ2v) is 4.49. The summed E-state index contributed by atoms with van der Waals surface area (Å²) in [6, 6.07) is 9.42. The van der Waals surface area contributed by atoms with Gasteiger partial charge in [-0.05, 0) is 18.2 Å². The average Bonchev–Trinajstić information content (AvgIpc) is 2.78. The first-order valence-corrected chi connectivity index (χ1v) is 5.76. The number of benzene rings is 1. The van der Waals surface area contributed by atoms with Crippen molar-refractivity contribution in [1.82, 2.24) is 0 Å². The fourth-order valence-corrected chi connectivity index (χ4v) is 2.41. The fourth-order valence-electron chi connectivity index (χ4n) is 1.47. The molecule has 0 atom stereocenters. The van der Waals surface area contributed by atoms with Gasteiger partial charge in [-0.2, -0.15) is 0 Å². The van der Waals surface area contributed by atoms with Gasteiger partial charge in [0.15, 0.2) is 5.78 Å². The van der Waals surface area contributed by atoms with Crippen LogP contribution in [0.1, 0.15) is 23.7 Å². The van der Waals surface area contributed by atoms with Gasteiger partial charge in [-0.3, -0.25) is 4.79 Å². The molecule has 0 unspecified atom stereocenters. The van der Waals surface area contributed by atoms with Gasteiger partial charge >= 0.3 is 0 Å². The van der Waals surface area contributed by atoms with Gasteiger partial charge in [-0.15, -0.1) is 0 Å². The zero-order chi connectivity index (χ0) is 10.7. The lowest BCUT2D eigenvalue weighted by Gasteiger charge is -2.00. The van der Waals surface area contributed by atoms with Crippen molar-refractivity contribution in [3.8, 4) is 0 Å². The zero-order valence-corrected chi connectivity index (χ0v) is 9.38. The number of thioether (sulfide) groups is 1. The molecule has 0 aromatic heterocycles. The van der Waals surface area contributed by atoms with Crippen LogP contribution in [0.4, 0.5) is 0 Å². The lowest BCUT2D eigenvalue weighted by atomic mass is 10.1. The van der Waals surface area contributed by atoms with Gasteiger partial charge in [0.25, 0.3) is 0 Å². The van der Waals surface area contributed by atoms with Gasteiger partial charge in [0.2, 0.25) is 0 Å². The number of rotatable bonds is 2. The van der Waals surface area contributed by atoms with Crippen LogP contribution in [0.15, 0.2) is 52.3 Å². The van der Waals surface area contributed by atoms with Crippen LogP contribution >= 0.6 is 11.8 Å². The molecule has 0 saturated heterocycles. The van der Waals surface area contributed by atoms with E-state index in [0.717, 1.165) is 16.9 Å². The van der Waals surface area contributed by atoms with Gasteiger partial charge < -0.3 is 0 Å². The minimum Gasteiger partial charge on any atom is -0.288 e. The summed E-state index contributed by atoms with van der Waals surface area (Å²) in [5.74, 6) is 0.137. The third-order valence-corrected chi connectivity index (χ3v) is 3.55. The Morgan fingerprint density at radius 1 is 1.33 bits per heavy atom. The van der Waals surface area contributed by atoms with Crippen molar-refractivity contribution in [2.24, 2.45) is 0 Å². The number of carbonyl (C=O) groups is 1. The van der Waals surface area contributed by atoms with Crippen molar-refractivity contribution in [3.05, 3.63) is 57.9 Å². The van der Waals surface area contributed by atoms with Crippen molar-refractivity contribution in [2.45, 2.75) is 13.3 Å². The SMILES string of the molecule is CC=C1CC=C(C(=O)c2ccccc2)S1. The van der Waals surface area contributed by atoms with Gasteiger partial charge in [0.05, 0.1) is 4.91 Å². The molecule has 0 saturated carbocycles. The molecule has 0 radical (unpaired) electrons. The van der Waals surface area contributed by atoms with E-state index >= 15 is 0 Å². The first-order valence-electron chi connectivity index (χ1n) is 4.94. The Morgan fingerprint density at radius 3 is 2.67 bits per heavy atom.